The molecule has 6 nitrogen and oxygen atoms in total. The summed E-state index contributed by atoms with van der Waals surface area (Å²) in [6.45, 7) is 1.70. The Morgan fingerprint density at radius 1 is 1.09 bits per heavy atom. The number of sulfonamides is 1. The van der Waals surface area contributed by atoms with Crippen LogP contribution in [0, 0.1) is 0 Å². The van der Waals surface area contributed by atoms with Gasteiger partial charge in [-0.15, -0.1) is 11.3 Å². The van der Waals surface area contributed by atoms with Crippen molar-refractivity contribution in [3.63, 3.8) is 0 Å². The van der Waals surface area contributed by atoms with E-state index in [1.54, 1.807) is 46.9 Å². The molecule has 1 amide bonds. The van der Waals surface area contributed by atoms with E-state index >= 15 is 0 Å². The minimum absolute atomic E-state index is 0.0808. The van der Waals surface area contributed by atoms with Crippen LogP contribution in [-0.2, 0) is 10.0 Å². The number of carbonyl (C=O) groups excluding carboxylic acids is 1. The highest BCUT2D eigenvalue weighted by Gasteiger charge is 2.29. The number of amides is 1. The first-order valence-electron chi connectivity index (χ1n) is 7.32. The molecule has 0 bridgehead atoms. The maximum absolute atomic E-state index is 12.6. The summed E-state index contributed by atoms with van der Waals surface area (Å²) in [6, 6.07) is 6.69. The minimum Gasteiger partial charge on any atom is -0.337 e. The van der Waals surface area contributed by atoms with Gasteiger partial charge < -0.3 is 4.90 Å². The fourth-order valence-electron chi connectivity index (χ4n) is 2.55. The van der Waals surface area contributed by atoms with Crippen molar-refractivity contribution in [2.24, 2.45) is 0 Å². The number of thiophene rings is 1. The van der Waals surface area contributed by atoms with Gasteiger partial charge in [-0.3, -0.25) is 9.78 Å². The number of hydrogen-bond acceptors (Lipinski definition) is 5. The fraction of sp³-hybridized carbons (Fsp3) is 0.333. The lowest BCUT2D eigenvalue weighted by atomic mass is 10.2. The van der Waals surface area contributed by atoms with E-state index in [1.165, 1.54) is 15.6 Å². The van der Waals surface area contributed by atoms with E-state index in [9.17, 15) is 13.2 Å². The standard InChI is InChI=1S/C15H17N3O3S2/c19-15(13-4-6-16-7-5-13)17-8-2-9-18(11-10-17)23(20,21)14-3-1-12-22-14/h1,3-7,12H,2,8-11H2. The highest BCUT2D eigenvalue weighted by molar-refractivity contribution is 7.91. The summed E-state index contributed by atoms with van der Waals surface area (Å²) in [4.78, 5) is 18.1. The summed E-state index contributed by atoms with van der Waals surface area (Å²) in [7, 11) is -3.45. The molecule has 1 aliphatic heterocycles. The number of carbonyl (C=O) groups is 1. The van der Waals surface area contributed by atoms with Crippen molar-refractivity contribution in [1.82, 2.24) is 14.2 Å². The van der Waals surface area contributed by atoms with Gasteiger partial charge in [-0.2, -0.15) is 4.31 Å². The molecular formula is C15H17N3O3S2. The molecule has 122 valence electrons. The Hall–Kier alpha value is -1.77. The van der Waals surface area contributed by atoms with Crippen LogP contribution in [0.15, 0.2) is 46.2 Å². The van der Waals surface area contributed by atoms with Gasteiger partial charge in [-0.25, -0.2) is 8.42 Å². The van der Waals surface area contributed by atoms with Gasteiger partial charge in [-0.1, -0.05) is 6.07 Å². The molecule has 2 aromatic rings. The van der Waals surface area contributed by atoms with E-state index in [4.69, 9.17) is 0 Å². The molecule has 3 rings (SSSR count). The summed E-state index contributed by atoms with van der Waals surface area (Å²) < 4.78 is 27.0. The van der Waals surface area contributed by atoms with Crippen LogP contribution in [0.3, 0.4) is 0 Å². The molecule has 2 aromatic heterocycles. The van der Waals surface area contributed by atoms with Crippen molar-refractivity contribution >= 4 is 27.3 Å². The van der Waals surface area contributed by atoms with E-state index in [2.05, 4.69) is 4.98 Å². The van der Waals surface area contributed by atoms with Crippen molar-refractivity contribution in [1.29, 1.82) is 0 Å². The lowest BCUT2D eigenvalue weighted by molar-refractivity contribution is 0.0764. The third-order valence-electron chi connectivity index (χ3n) is 3.76. The van der Waals surface area contributed by atoms with Crippen LogP contribution in [0.5, 0.6) is 0 Å². The molecule has 8 heteroatoms. The molecule has 23 heavy (non-hydrogen) atoms. The molecule has 0 N–H and O–H groups in total. The Morgan fingerprint density at radius 3 is 2.57 bits per heavy atom. The highest BCUT2D eigenvalue weighted by atomic mass is 32.2. The average molecular weight is 351 g/mol. The fourth-order valence-corrected chi connectivity index (χ4v) is 5.17. The van der Waals surface area contributed by atoms with Crippen molar-refractivity contribution in [2.45, 2.75) is 10.6 Å². The third-order valence-corrected chi connectivity index (χ3v) is 7.03. The summed E-state index contributed by atoms with van der Waals surface area (Å²) in [6.07, 6.45) is 3.79. The van der Waals surface area contributed by atoms with Crippen molar-refractivity contribution in [3.05, 3.63) is 47.6 Å². The molecule has 0 saturated carbocycles. The number of rotatable bonds is 3. The predicted octanol–water partition coefficient (Wildman–Crippen LogP) is 1.68. The van der Waals surface area contributed by atoms with Crippen molar-refractivity contribution < 1.29 is 13.2 Å². The summed E-state index contributed by atoms with van der Waals surface area (Å²) in [5.41, 5.74) is 0.578. The zero-order valence-corrected chi connectivity index (χ0v) is 14.1. The number of hydrogen-bond donors (Lipinski definition) is 0. The van der Waals surface area contributed by atoms with Crippen molar-refractivity contribution in [2.75, 3.05) is 26.2 Å². The third kappa shape index (κ3) is 3.44. The van der Waals surface area contributed by atoms with E-state index in [1.807, 2.05) is 0 Å². The topological polar surface area (TPSA) is 70.6 Å². The molecule has 1 fully saturated rings. The summed E-state index contributed by atoms with van der Waals surface area (Å²) in [5, 5.41) is 1.75. The first-order valence-corrected chi connectivity index (χ1v) is 9.64. The molecule has 0 spiro atoms. The van der Waals surface area contributed by atoms with Crippen LogP contribution in [0.4, 0.5) is 0 Å². The van der Waals surface area contributed by atoms with Gasteiger partial charge in [0.1, 0.15) is 4.21 Å². The zero-order chi connectivity index (χ0) is 16.3. The lowest BCUT2D eigenvalue weighted by Crippen LogP contribution is -2.37. The SMILES string of the molecule is O=C(c1ccncc1)N1CCCN(S(=O)(=O)c2cccs2)CC1. The van der Waals surface area contributed by atoms with Crippen LogP contribution in [0.1, 0.15) is 16.8 Å². The molecule has 0 atom stereocenters. The van der Waals surface area contributed by atoms with Crippen LogP contribution in [-0.4, -0.2) is 54.7 Å². The van der Waals surface area contributed by atoms with E-state index in [0.717, 1.165) is 0 Å². The van der Waals surface area contributed by atoms with E-state index < -0.39 is 10.0 Å². The normalized spacial score (nSPS) is 17.0. The first-order chi connectivity index (χ1) is 11.1. The van der Waals surface area contributed by atoms with E-state index in [-0.39, 0.29) is 5.91 Å². The van der Waals surface area contributed by atoms with Crippen LogP contribution in [0.25, 0.3) is 0 Å². The molecule has 0 aromatic carbocycles. The maximum atomic E-state index is 12.6. The minimum atomic E-state index is -3.45. The molecule has 1 aliphatic rings. The highest BCUT2D eigenvalue weighted by Crippen LogP contribution is 2.22. The monoisotopic (exact) mass is 351 g/mol. The average Bonchev–Trinajstić information content (AvgIpc) is 3.00. The number of aromatic nitrogens is 1. The van der Waals surface area contributed by atoms with E-state index in [0.29, 0.717) is 42.4 Å². The second-order valence-corrected chi connectivity index (χ2v) is 8.33. The van der Waals surface area contributed by atoms with Crippen molar-refractivity contribution in [3.8, 4) is 0 Å². The second kappa shape index (κ2) is 6.77. The Bertz CT molecular complexity index is 761. The second-order valence-electron chi connectivity index (χ2n) is 5.22. The van der Waals surface area contributed by atoms with Gasteiger partial charge in [0.25, 0.3) is 15.9 Å². The number of pyridine rings is 1. The summed E-state index contributed by atoms with van der Waals surface area (Å²) in [5.74, 6) is -0.0808. The van der Waals surface area contributed by atoms with Gasteiger partial charge in [0, 0.05) is 44.1 Å². The zero-order valence-electron chi connectivity index (χ0n) is 12.5. The van der Waals surface area contributed by atoms with Crippen LogP contribution >= 0.6 is 11.3 Å². The Morgan fingerprint density at radius 2 is 1.87 bits per heavy atom. The Labute approximate surface area is 139 Å². The quantitative estimate of drug-likeness (QED) is 0.844. The van der Waals surface area contributed by atoms with Gasteiger partial charge in [0.2, 0.25) is 0 Å². The molecule has 0 radical (unpaired) electrons. The molecule has 1 saturated heterocycles. The van der Waals surface area contributed by atoms with Crippen LogP contribution in [0.2, 0.25) is 0 Å². The van der Waals surface area contributed by atoms with Gasteiger partial charge in [0.15, 0.2) is 0 Å². The lowest BCUT2D eigenvalue weighted by Gasteiger charge is -2.21. The molecule has 0 aliphatic carbocycles. The van der Waals surface area contributed by atoms with Crippen LogP contribution < -0.4 is 0 Å². The molecule has 0 unspecified atom stereocenters. The maximum Gasteiger partial charge on any atom is 0.254 e. The molecule has 3 heterocycles. The van der Waals surface area contributed by atoms with Gasteiger partial charge in [-0.05, 0) is 30.0 Å². The molecular weight excluding hydrogens is 334 g/mol. The van der Waals surface area contributed by atoms with Gasteiger partial charge >= 0.3 is 0 Å². The smallest absolute Gasteiger partial charge is 0.254 e. The largest absolute Gasteiger partial charge is 0.337 e. The summed E-state index contributed by atoms with van der Waals surface area (Å²) >= 11 is 1.22. The first kappa shape index (κ1) is 16.1. The predicted molar refractivity (Wildman–Crippen MR) is 87.8 cm³/mol. The van der Waals surface area contributed by atoms with Gasteiger partial charge in [0.05, 0.1) is 0 Å². The Balaban J connectivity index is 1.72. The Kier molecular flexibility index (Phi) is 4.74. The number of nitrogens with zero attached hydrogens (tertiary/aromatic N) is 3.